The molecule has 0 aromatic carbocycles. The van der Waals surface area contributed by atoms with Crippen molar-refractivity contribution >= 4 is 5.97 Å². The van der Waals surface area contributed by atoms with Crippen LogP contribution in [0.2, 0.25) is 0 Å². The monoisotopic (exact) mass is 210 g/mol. The molecular weight excluding hydrogens is 196 g/mol. The van der Waals surface area contributed by atoms with Crippen molar-refractivity contribution in [3.8, 4) is 0 Å². The highest BCUT2D eigenvalue weighted by Crippen LogP contribution is 2.06. The van der Waals surface area contributed by atoms with Gasteiger partial charge in [-0.1, -0.05) is 13.8 Å². The fourth-order valence-electron chi connectivity index (χ4n) is 1.23. The number of esters is 1. The van der Waals surface area contributed by atoms with E-state index in [4.69, 9.17) is 4.42 Å². The van der Waals surface area contributed by atoms with Crippen molar-refractivity contribution in [1.82, 2.24) is 0 Å². The van der Waals surface area contributed by atoms with Crippen LogP contribution in [0, 0.1) is 5.92 Å². The van der Waals surface area contributed by atoms with Crippen LogP contribution >= 0.6 is 0 Å². The van der Waals surface area contributed by atoms with E-state index in [1.165, 1.54) is 13.2 Å². The quantitative estimate of drug-likeness (QED) is 0.711. The first-order chi connectivity index (χ1) is 7.04. The molecule has 1 rings (SSSR count). The van der Waals surface area contributed by atoms with Crippen LogP contribution in [0.3, 0.4) is 0 Å². The molecule has 82 valence electrons. The molecule has 0 N–H and O–H groups in total. The highest BCUT2D eigenvalue weighted by atomic mass is 16.5. The van der Waals surface area contributed by atoms with E-state index in [-0.39, 0.29) is 5.56 Å². The Morgan fingerprint density at radius 3 is 2.60 bits per heavy atom. The second kappa shape index (κ2) is 4.77. The smallest absolute Gasteiger partial charge is 0.350 e. The topological polar surface area (TPSA) is 56.5 Å². The summed E-state index contributed by atoms with van der Waals surface area (Å²) in [5.41, 5.74) is -0.704. The third-order valence-corrected chi connectivity index (χ3v) is 1.89. The Hall–Kier alpha value is -1.58. The second-order valence-electron chi connectivity index (χ2n) is 3.69. The largest absolute Gasteiger partial charge is 0.465 e. The van der Waals surface area contributed by atoms with Gasteiger partial charge in [-0.25, -0.2) is 9.59 Å². The number of hydrogen-bond acceptors (Lipinski definition) is 4. The average molecular weight is 210 g/mol. The van der Waals surface area contributed by atoms with Gasteiger partial charge in [-0.3, -0.25) is 0 Å². The summed E-state index contributed by atoms with van der Waals surface area (Å²) in [6.07, 6.45) is 0.677. The van der Waals surface area contributed by atoms with Crippen LogP contribution in [-0.2, 0) is 11.2 Å². The molecule has 1 heterocycles. The molecule has 0 aliphatic carbocycles. The molecule has 4 nitrogen and oxygen atoms in total. The SMILES string of the molecule is COC(=O)c1ccc(CC(C)C)oc1=O. The fraction of sp³-hybridized carbons (Fsp3) is 0.455. The summed E-state index contributed by atoms with van der Waals surface area (Å²) in [5, 5.41) is 0. The number of ether oxygens (including phenoxy) is 1. The number of carbonyl (C=O) groups is 1. The molecule has 4 heteroatoms. The van der Waals surface area contributed by atoms with Crippen molar-refractivity contribution < 1.29 is 13.9 Å². The van der Waals surface area contributed by atoms with Crippen molar-refractivity contribution in [1.29, 1.82) is 0 Å². The molecule has 0 saturated heterocycles. The van der Waals surface area contributed by atoms with E-state index in [1.54, 1.807) is 6.07 Å². The van der Waals surface area contributed by atoms with Crippen LogP contribution in [0.4, 0.5) is 0 Å². The average Bonchev–Trinajstić information content (AvgIpc) is 2.16. The van der Waals surface area contributed by atoms with Crippen molar-refractivity contribution in [2.24, 2.45) is 5.92 Å². The Labute approximate surface area is 87.9 Å². The summed E-state index contributed by atoms with van der Waals surface area (Å²) in [7, 11) is 1.23. The number of methoxy groups -OCH3 is 1. The van der Waals surface area contributed by atoms with E-state index in [9.17, 15) is 9.59 Å². The molecular formula is C11H14O4. The molecule has 0 saturated carbocycles. The number of hydrogen-bond donors (Lipinski definition) is 0. The zero-order chi connectivity index (χ0) is 11.4. The molecule has 0 atom stereocenters. The Morgan fingerprint density at radius 2 is 2.13 bits per heavy atom. The van der Waals surface area contributed by atoms with Crippen molar-refractivity contribution in [3.63, 3.8) is 0 Å². The Kier molecular flexibility index (Phi) is 3.66. The van der Waals surface area contributed by atoms with Crippen molar-refractivity contribution in [3.05, 3.63) is 33.9 Å². The van der Waals surface area contributed by atoms with Gasteiger partial charge in [0.25, 0.3) is 0 Å². The van der Waals surface area contributed by atoms with Gasteiger partial charge in [-0.2, -0.15) is 0 Å². The molecule has 0 spiro atoms. The van der Waals surface area contributed by atoms with Crippen LogP contribution in [0.25, 0.3) is 0 Å². The first-order valence-electron chi connectivity index (χ1n) is 4.76. The third-order valence-electron chi connectivity index (χ3n) is 1.89. The van der Waals surface area contributed by atoms with E-state index in [0.29, 0.717) is 18.1 Å². The van der Waals surface area contributed by atoms with Crippen molar-refractivity contribution in [2.75, 3.05) is 7.11 Å². The van der Waals surface area contributed by atoms with Gasteiger partial charge in [0, 0.05) is 6.42 Å². The molecule has 15 heavy (non-hydrogen) atoms. The van der Waals surface area contributed by atoms with Crippen LogP contribution in [-0.4, -0.2) is 13.1 Å². The van der Waals surface area contributed by atoms with Gasteiger partial charge in [-0.15, -0.1) is 0 Å². The molecule has 0 aliphatic rings. The van der Waals surface area contributed by atoms with Crippen LogP contribution in [0.1, 0.15) is 30.0 Å². The molecule has 0 unspecified atom stereocenters. The second-order valence-corrected chi connectivity index (χ2v) is 3.69. The summed E-state index contributed by atoms with van der Waals surface area (Å²) in [5.74, 6) is 0.319. The highest BCUT2D eigenvalue weighted by molar-refractivity contribution is 5.88. The number of rotatable bonds is 3. The molecule has 0 fully saturated rings. The molecule has 0 radical (unpaired) electrons. The first kappa shape index (κ1) is 11.5. The molecule has 1 aromatic heterocycles. The maximum atomic E-state index is 11.4. The van der Waals surface area contributed by atoms with E-state index >= 15 is 0 Å². The highest BCUT2D eigenvalue weighted by Gasteiger charge is 2.12. The minimum Gasteiger partial charge on any atom is -0.465 e. The van der Waals surface area contributed by atoms with Gasteiger partial charge in [0.2, 0.25) is 0 Å². The molecule has 0 amide bonds. The first-order valence-corrected chi connectivity index (χ1v) is 4.76. The predicted octanol–water partition coefficient (Wildman–Crippen LogP) is 1.62. The van der Waals surface area contributed by atoms with Gasteiger partial charge in [-0.05, 0) is 18.1 Å². The van der Waals surface area contributed by atoms with Gasteiger partial charge < -0.3 is 9.15 Å². The Morgan fingerprint density at radius 1 is 1.47 bits per heavy atom. The lowest BCUT2D eigenvalue weighted by atomic mass is 10.1. The van der Waals surface area contributed by atoms with Crippen LogP contribution in [0.15, 0.2) is 21.3 Å². The van der Waals surface area contributed by atoms with Crippen LogP contribution in [0.5, 0.6) is 0 Å². The Balaban J connectivity index is 2.98. The van der Waals surface area contributed by atoms with E-state index in [1.807, 2.05) is 13.8 Å². The minimum absolute atomic E-state index is 0.0648. The van der Waals surface area contributed by atoms with Crippen molar-refractivity contribution in [2.45, 2.75) is 20.3 Å². The molecule has 1 aromatic rings. The molecule has 0 bridgehead atoms. The lowest BCUT2D eigenvalue weighted by Crippen LogP contribution is -2.16. The summed E-state index contributed by atoms with van der Waals surface area (Å²) in [6.45, 7) is 4.04. The molecule has 0 aliphatic heterocycles. The summed E-state index contributed by atoms with van der Waals surface area (Å²) in [4.78, 5) is 22.4. The Bertz CT molecular complexity index is 403. The van der Waals surface area contributed by atoms with Gasteiger partial charge in [0.15, 0.2) is 0 Å². The van der Waals surface area contributed by atoms with Crippen LogP contribution < -0.4 is 5.63 Å². The summed E-state index contributed by atoms with van der Waals surface area (Å²) < 4.78 is 9.42. The standard InChI is InChI=1S/C11H14O4/c1-7(2)6-8-4-5-9(10(12)14-3)11(13)15-8/h4-5,7H,6H2,1-3H3. The van der Waals surface area contributed by atoms with Gasteiger partial charge in [0.05, 0.1) is 7.11 Å². The summed E-state index contributed by atoms with van der Waals surface area (Å²) in [6, 6.07) is 3.07. The lowest BCUT2D eigenvalue weighted by molar-refractivity contribution is 0.0595. The normalized spacial score (nSPS) is 10.4. The minimum atomic E-state index is -0.667. The van der Waals surface area contributed by atoms with Gasteiger partial charge >= 0.3 is 11.6 Å². The van der Waals surface area contributed by atoms with E-state index in [2.05, 4.69) is 4.74 Å². The zero-order valence-corrected chi connectivity index (χ0v) is 9.07. The predicted molar refractivity (Wildman–Crippen MR) is 54.9 cm³/mol. The summed E-state index contributed by atoms with van der Waals surface area (Å²) >= 11 is 0. The lowest BCUT2D eigenvalue weighted by Gasteiger charge is -2.03. The maximum Gasteiger partial charge on any atom is 0.350 e. The van der Waals surface area contributed by atoms with Gasteiger partial charge in [0.1, 0.15) is 11.3 Å². The van der Waals surface area contributed by atoms with E-state index < -0.39 is 11.6 Å². The number of carbonyl (C=O) groups excluding carboxylic acids is 1. The fourth-order valence-corrected chi connectivity index (χ4v) is 1.23. The van der Waals surface area contributed by atoms with E-state index in [0.717, 1.165) is 0 Å². The maximum absolute atomic E-state index is 11.4. The zero-order valence-electron chi connectivity index (χ0n) is 9.07. The third kappa shape index (κ3) is 2.94.